The normalized spacial score (nSPS) is 14.0. The molecular formula is C16H8BrNO5. The van der Waals surface area contributed by atoms with Gasteiger partial charge in [-0.1, -0.05) is 24.3 Å². The molecule has 6 nitrogen and oxygen atoms in total. The Labute approximate surface area is 138 Å². The standard InChI is InChI=1S/C16H8BrNO5/c17-14-13(8-4-1-2-6-10(8)18(22)23)15(20)9-5-3-7-11(19)12(9)16(14)21/h1-7,19H. The van der Waals surface area contributed by atoms with Crippen molar-refractivity contribution in [3.8, 4) is 5.75 Å². The molecule has 114 valence electrons. The summed E-state index contributed by atoms with van der Waals surface area (Å²) in [6.45, 7) is 0. The lowest BCUT2D eigenvalue weighted by atomic mass is 9.85. The van der Waals surface area contributed by atoms with Crippen LogP contribution in [0.5, 0.6) is 5.75 Å². The minimum atomic E-state index is -0.613. The van der Waals surface area contributed by atoms with Gasteiger partial charge in [-0.3, -0.25) is 19.7 Å². The summed E-state index contributed by atoms with van der Waals surface area (Å²) in [7, 11) is 0. The fourth-order valence-electron chi connectivity index (χ4n) is 2.51. The van der Waals surface area contributed by atoms with Gasteiger partial charge in [0.25, 0.3) is 5.69 Å². The number of fused-ring (bicyclic) bond motifs is 1. The van der Waals surface area contributed by atoms with Gasteiger partial charge in [0.05, 0.1) is 26.1 Å². The van der Waals surface area contributed by atoms with Crippen molar-refractivity contribution in [1.82, 2.24) is 0 Å². The first kappa shape index (κ1) is 15.1. The summed E-state index contributed by atoms with van der Waals surface area (Å²) in [6, 6.07) is 9.85. The van der Waals surface area contributed by atoms with Crippen LogP contribution in [-0.2, 0) is 0 Å². The number of para-hydroxylation sites is 1. The molecule has 0 unspecified atom stereocenters. The highest BCUT2D eigenvalue weighted by Crippen LogP contribution is 2.40. The van der Waals surface area contributed by atoms with Gasteiger partial charge in [-0.25, -0.2) is 0 Å². The molecule has 0 bridgehead atoms. The minimum absolute atomic E-state index is 0.0198. The average molecular weight is 374 g/mol. The van der Waals surface area contributed by atoms with Crippen LogP contribution < -0.4 is 0 Å². The van der Waals surface area contributed by atoms with Crippen molar-refractivity contribution in [2.75, 3.05) is 0 Å². The van der Waals surface area contributed by atoms with Gasteiger partial charge in [-0.15, -0.1) is 0 Å². The lowest BCUT2D eigenvalue weighted by Gasteiger charge is -2.18. The van der Waals surface area contributed by atoms with Crippen LogP contribution in [0.15, 0.2) is 46.9 Å². The molecule has 1 N–H and O–H groups in total. The third kappa shape index (κ3) is 2.25. The maximum atomic E-state index is 12.7. The minimum Gasteiger partial charge on any atom is -0.507 e. The number of carbonyl (C=O) groups excluding carboxylic acids is 2. The molecule has 0 amide bonds. The number of hydrogen-bond acceptors (Lipinski definition) is 5. The second-order valence-corrected chi connectivity index (χ2v) is 5.61. The van der Waals surface area contributed by atoms with E-state index in [9.17, 15) is 24.8 Å². The summed E-state index contributed by atoms with van der Waals surface area (Å²) in [5.74, 6) is -1.46. The Kier molecular flexibility index (Phi) is 3.57. The zero-order valence-electron chi connectivity index (χ0n) is 11.4. The van der Waals surface area contributed by atoms with E-state index in [2.05, 4.69) is 15.9 Å². The number of halogens is 1. The van der Waals surface area contributed by atoms with Gasteiger partial charge in [0, 0.05) is 11.6 Å². The van der Waals surface area contributed by atoms with E-state index in [0.717, 1.165) is 0 Å². The van der Waals surface area contributed by atoms with Crippen molar-refractivity contribution in [2.45, 2.75) is 0 Å². The van der Waals surface area contributed by atoms with Crippen LogP contribution in [0.2, 0.25) is 0 Å². The average Bonchev–Trinajstić information content (AvgIpc) is 2.53. The Bertz CT molecular complexity index is 916. The second-order valence-electron chi connectivity index (χ2n) is 4.82. The second kappa shape index (κ2) is 5.44. The summed E-state index contributed by atoms with van der Waals surface area (Å²) >= 11 is 3.06. The van der Waals surface area contributed by atoms with Gasteiger partial charge in [-0.05, 0) is 28.1 Å². The Morgan fingerprint density at radius 2 is 1.61 bits per heavy atom. The number of phenolic OH excluding ortho intramolecular Hbond substituents is 1. The van der Waals surface area contributed by atoms with Crippen LogP contribution in [0, 0.1) is 10.1 Å². The highest BCUT2D eigenvalue weighted by atomic mass is 79.9. The smallest absolute Gasteiger partial charge is 0.277 e. The molecule has 0 atom stereocenters. The molecule has 23 heavy (non-hydrogen) atoms. The Balaban J connectivity index is 2.31. The molecule has 2 aromatic carbocycles. The van der Waals surface area contributed by atoms with Gasteiger partial charge in [0.1, 0.15) is 5.75 Å². The van der Waals surface area contributed by atoms with Gasteiger partial charge in [-0.2, -0.15) is 0 Å². The van der Waals surface area contributed by atoms with Crippen LogP contribution >= 0.6 is 15.9 Å². The maximum absolute atomic E-state index is 12.7. The first-order valence-corrected chi connectivity index (χ1v) is 7.27. The summed E-state index contributed by atoms with van der Waals surface area (Å²) in [4.78, 5) is 35.8. The first-order chi connectivity index (χ1) is 10.9. The van der Waals surface area contributed by atoms with E-state index >= 15 is 0 Å². The van der Waals surface area contributed by atoms with Crippen molar-refractivity contribution < 1.29 is 19.6 Å². The molecule has 3 rings (SSSR count). The van der Waals surface area contributed by atoms with E-state index in [0.29, 0.717) is 0 Å². The highest BCUT2D eigenvalue weighted by molar-refractivity contribution is 9.12. The topological polar surface area (TPSA) is 97.5 Å². The number of nitro groups is 1. The number of ketones is 2. The number of aromatic hydroxyl groups is 1. The van der Waals surface area contributed by atoms with Crippen LogP contribution in [0.3, 0.4) is 0 Å². The quantitative estimate of drug-likeness (QED) is 0.641. The number of nitrogens with zero attached hydrogens (tertiary/aromatic N) is 1. The Hall–Kier alpha value is -2.80. The van der Waals surface area contributed by atoms with Crippen molar-refractivity contribution in [3.05, 3.63) is 73.8 Å². The number of Topliss-reactive ketones (excluding diaryl/α,β-unsaturated/α-hetero) is 2. The highest BCUT2D eigenvalue weighted by Gasteiger charge is 2.36. The summed E-state index contributed by atoms with van der Waals surface area (Å²) in [6.07, 6.45) is 0. The van der Waals surface area contributed by atoms with Crippen molar-refractivity contribution in [2.24, 2.45) is 0 Å². The van der Waals surface area contributed by atoms with Gasteiger partial charge in [0.2, 0.25) is 5.78 Å². The van der Waals surface area contributed by atoms with Gasteiger partial charge in [0.15, 0.2) is 5.78 Å². The number of carbonyl (C=O) groups is 2. The van der Waals surface area contributed by atoms with Crippen LogP contribution in [0.1, 0.15) is 26.3 Å². The summed E-state index contributed by atoms with van der Waals surface area (Å²) in [5.41, 5.74) is -0.389. The number of nitro benzene ring substituents is 1. The fourth-order valence-corrected chi connectivity index (χ4v) is 3.10. The zero-order valence-corrected chi connectivity index (χ0v) is 13.0. The van der Waals surface area contributed by atoms with Gasteiger partial charge < -0.3 is 5.11 Å². The monoisotopic (exact) mass is 373 g/mol. The Morgan fingerprint density at radius 3 is 2.30 bits per heavy atom. The number of allylic oxidation sites excluding steroid dienone is 2. The fraction of sp³-hybridized carbons (Fsp3) is 0. The van der Waals surface area contributed by atoms with Crippen molar-refractivity contribution in [3.63, 3.8) is 0 Å². The van der Waals surface area contributed by atoms with Crippen molar-refractivity contribution in [1.29, 1.82) is 0 Å². The molecule has 2 aromatic rings. The summed E-state index contributed by atoms with van der Waals surface area (Å²) in [5, 5.41) is 21.0. The molecule has 0 radical (unpaired) electrons. The molecule has 1 aliphatic rings. The SMILES string of the molecule is O=C1C(c2ccccc2[N+](=O)[O-])=C(Br)C(=O)c2c(O)cccc21. The predicted octanol–water partition coefficient (Wildman–Crippen LogP) is 3.49. The lowest BCUT2D eigenvalue weighted by Crippen LogP contribution is -2.19. The number of benzene rings is 2. The molecule has 0 spiro atoms. The van der Waals surface area contributed by atoms with E-state index in [-0.39, 0.29) is 38.2 Å². The van der Waals surface area contributed by atoms with E-state index in [1.54, 1.807) is 6.07 Å². The summed E-state index contributed by atoms with van der Waals surface area (Å²) < 4.78 is -0.106. The predicted molar refractivity (Wildman–Crippen MR) is 85.7 cm³/mol. The molecule has 0 saturated heterocycles. The molecular weight excluding hydrogens is 366 g/mol. The molecule has 1 aliphatic carbocycles. The Morgan fingerprint density at radius 1 is 0.957 bits per heavy atom. The van der Waals surface area contributed by atoms with Gasteiger partial charge >= 0.3 is 0 Å². The lowest BCUT2D eigenvalue weighted by molar-refractivity contribution is -0.385. The van der Waals surface area contributed by atoms with Crippen molar-refractivity contribution >= 4 is 38.8 Å². The number of rotatable bonds is 2. The molecule has 0 saturated carbocycles. The van der Waals surface area contributed by atoms with E-state index in [1.807, 2.05) is 0 Å². The first-order valence-electron chi connectivity index (χ1n) is 6.48. The third-order valence-electron chi connectivity index (χ3n) is 3.53. The molecule has 0 heterocycles. The zero-order chi connectivity index (χ0) is 16.7. The maximum Gasteiger partial charge on any atom is 0.277 e. The van der Waals surface area contributed by atoms with Crippen LogP contribution in [0.4, 0.5) is 5.69 Å². The van der Waals surface area contributed by atoms with E-state index < -0.39 is 16.5 Å². The number of phenols is 1. The molecule has 7 heteroatoms. The largest absolute Gasteiger partial charge is 0.507 e. The molecule has 0 aromatic heterocycles. The van der Waals surface area contributed by atoms with Crippen LogP contribution in [0.25, 0.3) is 5.57 Å². The molecule has 0 aliphatic heterocycles. The van der Waals surface area contributed by atoms with Crippen LogP contribution in [-0.4, -0.2) is 21.6 Å². The van der Waals surface area contributed by atoms with E-state index in [4.69, 9.17) is 0 Å². The van der Waals surface area contributed by atoms with E-state index in [1.165, 1.54) is 36.4 Å². The molecule has 0 fully saturated rings. The number of hydrogen-bond donors (Lipinski definition) is 1. The third-order valence-corrected chi connectivity index (χ3v) is 4.29.